The van der Waals surface area contributed by atoms with Gasteiger partial charge in [-0.3, -0.25) is 0 Å². The summed E-state index contributed by atoms with van der Waals surface area (Å²) < 4.78 is 0. The first kappa shape index (κ1) is 13.9. The molecule has 3 N–H and O–H groups in total. The lowest BCUT2D eigenvalue weighted by Crippen LogP contribution is -2.15. The molecule has 2 nitrogen and oxygen atoms in total. The van der Waals surface area contributed by atoms with E-state index in [0.717, 1.165) is 29.2 Å². The summed E-state index contributed by atoms with van der Waals surface area (Å²) in [4.78, 5) is 0. The fourth-order valence-electron chi connectivity index (χ4n) is 1.85. The second kappa shape index (κ2) is 6.60. The van der Waals surface area contributed by atoms with Gasteiger partial charge in [0.2, 0.25) is 0 Å². The molecule has 0 fully saturated rings. The average Bonchev–Trinajstić information content (AvgIpc) is 2.40. The first-order valence-corrected chi connectivity index (χ1v) is 6.88. The molecule has 0 heterocycles. The lowest BCUT2D eigenvalue weighted by molar-refractivity contribution is 0.666. The van der Waals surface area contributed by atoms with Crippen LogP contribution in [0, 0.1) is 0 Å². The van der Waals surface area contributed by atoms with Gasteiger partial charge >= 0.3 is 0 Å². The molecule has 0 aliphatic rings. The number of benzene rings is 2. The predicted molar refractivity (Wildman–Crippen MR) is 83.1 cm³/mol. The zero-order valence-corrected chi connectivity index (χ0v) is 11.8. The molecule has 0 saturated heterocycles. The van der Waals surface area contributed by atoms with E-state index in [4.69, 9.17) is 17.3 Å². The smallest absolute Gasteiger partial charge is 0.0407 e. The standard InChI is InChI=1S/C16H19ClN2/c1-12(18)2-3-13-4-8-15(9-5-13)19-16-10-6-14(17)7-11-16/h4-12,19H,2-3,18H2,1H3/t12-/m0/s1. The summed E-state index contributed by atoms with van der Waals surface area (Å²) >= 11 is 5.86. The van der Waals surface area contributed by atoms with Crippen molar-refractivity contribution >= 4 is 23.0 Å². The van der Waals surface area contributed by atoms with Gasteiger partial charge in [-0.05, 0) is 61.7 Å². The zero-order chi connectivity index (χ0) is 13.7. The van der Waals surface area contributed by atoms with Crippen molar-refractivity contribution in [1.82, 2.24) is 0 Å². The highest BCUT2D eigenvalue weighted by Gasteiger charge is 1.98. The van der Waals surface area contributed by atoms with Crippen LogP contribution in [0.4, 0.5) is 11.4 Å². The number of nitrogens with two attached hydrogens (primary N) is 1. The van der Waals surface area contributed by atoms with Crippen LogP contribution >= 0.6 is 11.6 Å². The minimum Gasteiger partial charge on any atom is -0.356 e. The van der Waals surface area contributed by atoms with E-state index in [9.17, 15) is 0 Å². The van der Waals surface area contributed by atoms with Crippen molar-refractivity contribution in [2.45, 2.75) is 25.8 Å². The summed E-state index contributed by atoms with van der Waals surface area (Å²) in [6.45, 7) is 2.04. The van der Waals surface area contributed by atoms with Crippen LogP contribution in [0.3, 0.4) is 0 Å². The van der Waals surface area contributed by atoms with E-state index >= 15 is 0 Å². The van der Waals surface area contributed by atoms with Crippen molar-refractivity contribution < 1.29 is 0 Å². The molecule has 2 aromatic rings. The molecule has 19 heavy (non-hydrogen) atoms. The molecule has 0 spiro atoms. The van der Waals surface area contributed by atoms with Gasteiger partial charge in [0.15, 0.2) is 0 Å². The Balaban J connectivity index is 1.96. The molecule has 2 aromatic carbocycles. The highest BCUT2D eigenvalue weighted by Crippen LogP contribution is 2.19. The number of nitrogens with one attached hydrogen (secondary N) is 1. The molecule has 0 radical (unpaired) electrons. The molecule has 0 aliphatic carbocycles. The minimum atomic E-state index is 0.256. The summed E-state index contributed by atoms with van der Waals surface area (Å²) in [5, 5.41) is 4.09. The summed E-state index contributed by atoms with van der Waals surface area (Å²) in [7, 11) is 0. The zero-order valence-electron chi connectivity index (χ0n) is 11.1. The Kier molecular flexibility index (Phi) is 4.83. The third kappa shape index (κ3) is 4.58. The molecular weight excluding hydrogens is 256 g/mol. The second-order valence-electron chi connectivity index (χ2n) is 4.84. The summed E-state index contributed by atoms with van der Waals surface area (Å²) in [5.41, 5.74) is 9.19. The lowest BCUT2D eigenvalue weighted by Gasteiger charge is -2.08. The fourth-order valence-corrected chi connectivity index (χ4v) is 1.97. The Bertz CT molecular complexity index is 503. The largest absolute Gasteiger partial charge is 0.356 e. The molecule has 0 aromatic heterocycles. The van der Waals surface area contributed by atoms with Gasteiger partial charge in [0.05, 0.1) is 0 Å². The van der Waals surface area contributed by atoms with Crippen molar-refractivity contribution in [3.63, 3.8) is 0 Å². The van der Waals surface area contributed by atoms with E-state index in [1.165, 1.54) is 5.56 Å². The molecule has 0 bridgehead atoms. The van der Waals surface area contributed by atoms with E-state index in [-0.39, 0.29) is 6.04 Å². The summed E-state index contributed by atoms with van der Waals surface area (Å²) in [5.74, 6) is 0. The van der Waals surface area contributed by atoms with Gasteiger partial charge in [-0.1, -0.05) is 23.7 Å². The SMILES string of the molecule is C[C@H](N)CCc1ccc(Nc2ccc(Cl)cc2)cc1. The molecule has 100 valence electrons. The third-order valence-corrected chi connectivity index (χ3v) is 3.23. The Morgan fingerprint density at radius 2 is 1.53 bits per heavy atom. The van der Waals surface area contributed by atoms with Gasteiger partial charge in [0.25, 0.3) is 0 Å². The number of hydrogen-bond acceptors (Lipinski definition) is 2. The van der Waals surface area contributed by atoms with E-state index in [0.29, 0.717) is 0 Å². The van der Waals surface area contributed by atoms with Crippen molar-refractivity contribution in [2.24, 2.45) is 5.73 Å². The molecule has 0 amide bonds. The van der Waals surface area contributed by atoms with Crippen LogP contribution in [0.2, 0.25) is 5.02 Å². The Labute approximate surface area is 119 Å². The monoisotopic (exact) mass is 274 g/mol. The van der Waals surface area contributed by atoms with Crippen LogP contribution in [0.1, 0.15) is 18.9 Å². The number of rotatable bonds is 5. The number of anilines is 2. The van der Waals surface area contributed by atoms with E-state index in [1.807, 2.05) is 31.2 Å². The van der Waals surface area contributed by atoms with Crippen LogP contribution in [0.15, 0.2) is 48.5 Å². The summed E-state index contributed by atoms with van der Waals surface area (Å²) in [6, 6.07) is 16.4. The Hall–Kier alpha value is -1.51. The number of hydrogen-bond donors (Lipinski definition) is 2. The summed E-state index contributed by atoms with van der Waals surface area (Å²) in [6.07, 6.45) is 2.04. The maximum Gasteiger partial charge on any atom is 0.0407 e. The molecule has 0 unspecified atom stereocenters. The normalized spacial score (nSPS) is 12.2. The highest BCUT2D eigenvalue weighted by atomic mass is 35.5. The molecule has 0 aliphatic heterocycles. The molecule has 2 rings (SSSR count). The predicted octanol–water partition coefficient (Wildman–Crippen LogP) is 4.36. The van der Waals surface area contributed by atoms with Crippen LogP contribution in [-0.2, 0) is 6.42 Å². The van der Waals surface area contributed by atoms with Crippen LogP contribution in [0.5, 0.6) is 0 Å². The number of halogens is 1. The van der Waals surface area contributed by atoms with Gasteiger partial charge in [0, 0.05) is 22.4 Å². The van der Waals surface area contributed by atoms with E-state index in [2.05, 4.69) is 29.6 Å². The maximum atomic E-state index is 5.86. The maximum absolute atomic E-state index is 5.86. The third-order valence-electron chi connectivity index (χ3n) is 2.98. The van der Waals surface area contributed by atoms with Crippen molar-refractivity contribution in [1.29, 1.82) is 0 Å². The van der Waals surface area contributed by atoms with Gasteiger partial charge in [-0.2, -0.15) is 0 Å². The number of aryl methyl sites for hydroxylation is 1. The van der Waals surface area contributed by atoms with E-state index in [1.54, 1.807) is 0 Å². The highest BCUT2D eigenvalue weighted by molar-refractivity contribution is 6.30. The van der Waals surface area contributed by atoms with Crippen LogP contribution in [0.25, 0.3) is 0 Å². The van der Waals surface area contributed by atoms with Gasteiger partial charge in [-0.25, -0.2) is 0 Å². The first-order valence-electron chi connectivity index (χ1n) is 6.50. The van der Waals surface area contributed by atoms with Gasteiger partial charge in [-0.15, -0.1) is 0 Å². The van der Waals surface area contributed by atoms with Gasteiger partial charge < -0.3 is 11.1 Å². The Morgan fingerprint density at radius 3 is 2.05 bits per heavy atom. The molecular formula is C16H19ClN2. The van der Waals surface area contributed by atoms with E-state index < -0.39 is 0 Å². The first-order chi connectivity index (χ1) is 9.13. The Morgan fingerprint density at radius 1 is 1.00 bits per heavy atom. The molecule has 0 saturated carbocycles. The topological polar surface area (TPSA) is 38.0 Å². The van der Waals surface area contributed by atoms with Crippen LogP contribution in [-0.4, -0.2) is 6.04 Å². The van der Waals surface area contributed by atoms with Crippen LogP contribution < -0.4 is 11.1 Å². The minimum absolute atomic E-state index is 0.256. The quantitative estimate of drug-likeness (QED) is 0.850. The second-order valence-corrected chi connectivity index (χ2v) is 5.28. The van der Waals surface area contributed by atoms with Crippen molar-refractivity contribution in [3.05, 3.63) is 59.1 Å². The van der Waals surface area contributed by atoms with Gasteiger partial charge in [0.1, 0.15) is 0 Å². The lowest BCUT2D eigenvalue weighted by atomic mass is 10.1. The average molecular weight is 275 g/mol. The molecule has 1 atom stereocenters. The fraction of sp³-hybridized carbons (Fsp3) is 0.250. The van der Waals surface area contributed by atoms with Crippen molar-refractivity contribution in [3.8, 4) is 0 Å². The molecule has 3 heteroatoms. The van der Waals surface area contributed by atoms with Crippen molar-refractivity contribution in [2.75, 3.05) is 5.32 Å².